The molecule has 0 aliphatic rings. The minimum Gasteiger partial charge on any atom is -0.436 e. The van der Waals surface area contributed by atoms with Crippen molar-refractivity contribution in [1.82, 2.24) is 10.1 Å². The molecule has 2 N–H and O–H groups in total. The van der Waals surface area contributed by atoms with Gasteiger partial charge in [0.05, 0.1) is 6.20 Å². The fourth-order valence-corrected chi connectivity index (χ4v) is 3.52. The van der Waals surface area contributed by atoms with Gasteiger partial charge in [-0.15, -0.1) is 0 Å². The molecule has 0 aliphatic carbocycles. The van der Waals surface area contributed by atoms with E-state index >= 15 is 0 Å². The summed E-state index contributed by atoms with van der Waals surface area (Å²) in [5.41, 5.74) is 0. The molecule has 2 aromatic heterocycles. The Morgan fingerprint density at radius 2 is 2.00 bits per heavy atom. The first-order valence-electron chi connectivity index (χ1n) is 5.98. The molecule has 2 rings (SSSR count). The van der Waals surface area contributed by atoms with Crippen LogP contribution in [0.15, 0.2) is 25.8 Å². The Labute approximate surface area is 123 Å². The highest BCUT2D eigenvalue weighted by atomic mass is 79.9. The van der Waals surface area contributed by atoms with Crippen molar-refractivity contribution < 1.29 is 23.3 Å². The van der Waals surface area contributed by atoms with Crippen LogP contribution in [0.25, 0.3) is 11.5 Å². The Hall–Kier alpha value is -0.950. The van der Waals surface area contributed by atoms with Gasteiger partial charge in [-0.05, 0) is 28.8 Å². The molecule has 0 unspecified atom stereocenters. The third-order valence-corrected chi connectivity index (χ3v) is 5.67. The van der Waals surface area contributed by atoms with Crippen molar-refractivity contribution in [1.29, 1.82) is 0 Å². The van der Waals surface area contributed by atoms with Crippen LogP contribution in [0, 0.1) is 0 Å². The molecule has 2 heterocycles. The number of hydrogen-bond acceptors (Lipinski definition) is 5. The van der Waals surface area contributed by atoms with Crippen molar-refractivity contribution in [3.8, 4) is 11.5 Å². The highest BCUT2D eigenvalue weighted by Gasteiger charge is 2.49. The van der Waals surface area contributed by atoms with Crippen molar-refractivity contribution >= 4 is 23.5 Å². The van der Waals surface area contributed by atoms with E-state index in [0.717, 1.165) is 0 Å². The highest BCUT2D eigenvalue weighted by molar-refractivity contribution is 9.10. The summed E-state index contributed by atoms with van der Waals surface area (Å²) in [6.07, 6.45) is 1.81. The first kappa shape index (κ1) is 15.4. The van der Waals surface area contributed by atoms with E-state index in [0.29, 0.717) is 10.4 Å². The van der Waals surface area contributed by atoms with Crippen LogP contribution in [0.4, 0.5) is 0 Å². The molecule has 0 bridgehead atoms. The second-order valence-electron chi connectivity index (χ2n) is 4.33. The Balaban J connectivity index is 2.47. The average molecular weight is 365 g/mol. The summed E-state index contributed by atoms with van der Waals surface area (Å²) in [6.45, 7) is 3.38. The minimum absolute atomic E-state index is 0.0124. The normalized spacial score (nSPS) is 12.8. The lowest BCUT2D eigenvalue weighted by molar-refractivity contribution is 0.285. The van der Waals surface area contributed by atoms with Crippen LogP contribution in [0.5, 0.6) is 0 Å². The third-order valence-electron chi connectivity index (χ3n) is 3.36. The van der Waals surface area contributed by atoms with E-state index in [1.165, 1.54) is 6.20 Å². The van der Waals surface area contributed by atoms with Crippen LogP contribution in [-0.2, 0) is 9.72 Å². The molecule has 0 aromatic carbocycles. The Bertz CT molecular complexity index is 643. The second kappa shape index (κ2) is 5.44. The minimum atomic E-state index is -4.41. The molecule has 0 atom stereocenters. The van der Waals surface area contributed by atoms with Crippen LogP contribution in [0.3, 0.4) is 0 Å². The number of aromatic nitrogens is 2. The molecule has 7 nitrogen and oxygen atoms in total. The molecule has 0 amide bonds. The van der Waals surface area contributed by atoms with E-state index in [2.05, 4.69) is 26.1 Å². The van der Waals surface area contributed by atoms with Crippen molar-refractivity contribution in [3.05, 3.63) is 22.8 Å². The Kier molecular flexibility index (Phi) is 4.20. The summed E-state index contributed by atoms with van der Waals surface area (Å²) in [5, 5.41) is 2.24. The zero-order chi connectivity index (χ0) is 15.0. The standard InChI is InChI=1S/C11H14BrN2O5P/c1-3-11(4-2,20(15,16)17)10-13-6-8(18-10)7-5-9(12)14-19-7/h5-6H,3-4H2,1-2H3,(H2,15,16,17). The second-order valence-corrected chi connectivity index (χ2v) is 7.08. The van der Waals surface area contributed by atoms with Gasteiger partial charge in [0.1, 0.15) is 9.76 Å². The average Bonchev–Trinajstić information content (AvgIpc) is 2.98. The van der Waals surface area contributed by atoms with Crippen molar-refractivity contribution in [2.75, 3.05) is 0 Å². The topological polar surface area (TPSA) is 110 Å². The van der Waals surface area contributed by atoms with Gasteiger partial charge < -0.3 is 18.7 Å². The predicted octanol–water partition coefficient (Wildman–Crippen LogP) is 3.29. The molecule has 2 aromatic rings. The summed E-state index contributed by atoms with van der Waals surface area (Å²) in [5.74, 6) is 0.624. The summed E-state index contributed by atoms with van der Waals surface area (Å²) >= 11 is 3.14. The maximum Gasteiger partial charge on any atom is 0.340 e. The summed E-state index contributed by atoms with van der Waals surface area (Å²) in [7, 11) is -4.41. The van der Waals surface area contributed by atoms with Crippen LogP contribution in [-0.4, -0.2) is 19.9 Å². The molecule has 9 heteroatoms. The first-order valence-corrected chi connectivity index (χ1v) is 8.39. The fourth-order valence-electron chi connectivity index (χ4n) is 2.06. The molecule has 0 saturated heterocycles. The number of nitrogens with zero attached hydrogens (tertiary/aromatic N) is 2. The molecule has 0 aliphatic heterocycles. The SMILES string of the molecule is CCC(CC)(c1ncc(-c2cc(Br)no2)o1)P(=O)(O)O. The van der Waals surface area contributed by atoms with Crippen LogP contribution >= 0.6 is 23.5 Å². The predicted molar refractivity (Wildman–Crippen MR) is 74.0 cm³/mol. The van der Waals surface area contributed by atoms with E-state index < -0.39 is 12.8 Å². The fraction of sp³-hybridized carbons (Fsp3) is 0.455. The van der Waals surface area contributed by atoms with E-state index in [4.69, 9.17) is 8.94 Å². The van der Waals surface area contributed by atoms with E-state index in [-0.39, 0.29) is 24.5 Å². The molecule has 0 radical (unpaired) electrons. The number of oxazole rings is 1. The lowest BCUT2D eigenvalue weighted by atomic mass is 10.0. The molecule has 0 fully saturated rings. The van der Waals surface area contributed by atoms with Gasteiger partial charge in [-0.3, -0.25) is 4.57 Å². The van der Waals surface area contributed by atoms with E-state index in [1.807, 2.05) is 0 Å². The van der Waals surface area contributed by atoms with Gasteiger partial charge in [0.15, 0.2) is 5.76 Å². The van der Waals surface area contributed by atoms with Gasteiger partial charge in [0.2, 0.25) is 11.7 Å². The van der Waals surface area contributed by atoms with Crippen LogP contribution < -0.4 is 0 Å². The highest BCUT2D eigenvalue weighted by Crippen LogP contribution is 2.60. The van der Waals surface area contributed by atoms with Crippen LogP contribution in [0.2, 0.25) is 0 Å². The van der Waals surface area contributed by atoms with Gasteiger partial charge in [-0.2, -0.15) is 0 Å². The molecule has 20 heavy (non-hydrogen) atoms. The van der Waals surface area contributed by atoms with Crippen molar-refractivity contribution in [3.63, 3.8) is 0 Å². The van der Waals surface area contributed by atoms with Gasteiger partial charge in [-0.25, -0.2) is 4.98 Å². The maximum absolute atomic E-state index is 11.8. The third kappa shape index (κ3) is 2.48. The zero-order valence-corrected chi connectivity index (χ0v) is 13.4. The zero-order valence-electron chi connectivity index (χ0n) is 10.9. The number of hydrogen-bond donors (Lipinski definition) is 2. The molecular formula is C11H14BrN2O5P. The van der Waals surface area contributed by atoms with Gasteiger partial charge in [-0.1, -0.05) is 19.0 Å². The maximum atomic E-state index is 11.8. The largest absolute Gasteiger partial charge is 0.436 e. The summed E-state index contributed by atoms with van der Waals surface area (Å²) in [4.78, 5) is 23.3. The van der Waals surface area contributed by atoms with E-state index in [9.17, 15) is 14.4 Å². The number of rotatable bonds is 5. The monoisotopic (exact) mass is 364 g/mol. The Morgan fingerprint density at radius 3 is 2.45 bits per heavy atom. The van der Waals surface area contributed by atoms with Gasteiger partial charge >= 0.3 is 7.60 Å². The lowest BCUT2D eigenvalue weighted by Crippen LogP contribution is -2.24. The molecule has 110 valence electrons. The van der Waals surface area contributed by atoms with Crippen molar-refractivity contribution in [2.24, 2.45) is 0 Å². The van der Waals surface area contributed by atoms with Crippen molar-refractivity contribution in [2.45, 2.75) is 31.8 Å². The Morgan fingerprint density at radius 1 is 1.35 bits per heavy atom. The quantitative estimate of drug-likeness (QED) is 0.783. The first-order chi connectivity index (χ1) is 9.34. The number of halogens is 1. The van der Waals surface area contributed by atoms with Gasteiger partial charge in [0, 0.05) is 6.07 Å². The van der Waals surface area contributed by atoms with E-state index in [1.54, 1.807) is 19.9 Å². The van der Waals surface area contributed by atoms with Gasteiger partial charge in [0.25, 0.3) is 0 Å². The summed E-state index contributed by atoms with van der Waals surface area (Å²) < 4.78 is 22.8. The molecule has 0 spiro atoms. The summed E-state index contributed by atoms with van der Waals surface area (Å²) in [6, 6.07) is 1.58. The van der Waals surface area contributed by atoms with Crippen LogP contribution in [0.1, 0.15) is 32.6 Å². The molecular weight excluding hydrogens is 351 g/mol. The lowest BCUT2D eigenvalue weighted by Gasteiger charge is -2.28. The smallest absolute Gasteiger partial charge is 0.340 e. The molecule has 0 saturated carbocycles.